The lowest BCUT2D eigenvalue weighted by molar-refractivity contribution is -0.131. The summed E-state index contributed by atoms with van der Waals surface area (Å²) in [5.74, 6) is 7.21. The van der Waals surface area contributed by atoms with E-state index in [2.05, 4.69) is 26.6 Å². The van der Waals surface area contributed by atoms with Crippen LogP contribution in [0, 0.1) is 47.3 Å². The summed E-state index contributed by atoms with van der Waals surface area (Å²) in [5.41, 5.74) is 0. The van der Waals surface area contributed by atoms with Gasteiger partial charge >= 0.3 is 0 Å². The maximum Gasteiger partial charge on any atom is 0.0272 e. The van der Waals surface area contributed by atoms with E-state index < -0.39 is 0 Å². The molecule has 8 aliphatic rings. The second-order valence-corrected chi connectivity index (χ2v) is 12.5. The van der Waals surface area contributed by atoms with Gasteiger partial charge in [-0.25, -0.2) is 0 Å². The first-order valence-corrected chi connectivity index (χ1v) is 13.6. The second-order valence-electron chi connectivity index (χ2n) is 12.5. The summed E-state index contributed by atoms with van der Waals surface area (Å²) in [6.07, 6.45) is 10.2. The Balaban J connectivity index is 1.17. The van der Waals surface area contributed by atoms with E-state index in [-0.39, 0.29) is 0 Å². The lowest BCUT2D eigenvalue weighted by atomic mass is 9.48. The van der Waals surface area contributed by atoms with Crippen LogP contribution in [0.4, 0.5) is 0 Å². The predicted octanol–water partition coefficient (Wildman–Crippen LogP) is 0.915. The standard InChI is InChI=1S/C25H41N5/c1-2-7-16-14(6-1)15-10-28-24-21-19(15)17(30-16)11-29-25(21)23-20-18-12(8-26-22(20)24)4-3-5-13(18)9-27-23/h12-30H,1-11H2. The molecule has 3 aliphatic carbocycles. The molecule has 14 unspecified atom stereocenters. The van der Waals surface area contributed by atoms with E-state index in [1.54, 1.807) is 0 Å². The lowest BCUT2D eigenvalue weighted by Gasteiger charge is -2.69. The zero-order chi connectivity index (χ0) is 19.4. The Bertz CT molecular complexity index is 673. The molecular weight excluding hydrogens is 370 g/mol. The van der Waals surface area contributed by atoms with Crippen LogP contribution in [0.1, 0.15) is 44.9 Å². The van der Waals surface area contributed by atoms with E-state index in [0.29, 0.717) is 30.2 Å². The molecule has 8 rings (SSSR count). The summed E-state index contributed by atoms with van der Waals surface area (Å²) in [6.45, 7) is 5.08. The summed E-state index contributed by atoms with van der Waals surface area (Å²) in [7, 11) is 0. The van der Waals surface area contributed by atoms with Crippen LogP contribution in [0.3, 0.4) is 0 Å². The molecule has 0 spiro atoms. The Morgan fingerprint density at radius 3 is 1.83 bits per heavy atom. The molecule has 0 aromatic heterocycles. The highest BCUT2D eigenvalue weighted by atomic mass is 15.2. The first-order valence-electron chi connectivity index (χ1n) is 13.6. The van der Waals surface area contributed by atoms with Crippen LogP contribution in [0.25, 0.3) is 0 Å². The fraction of sp³-hybridized carbons (Fsp3) is 1.00. The van der Waals surface area contributed by atoms with Crippen LogP contribution in [0.2, 0.25) is 0 Å². The van der Waals surface area contributed by atoms with E-state index in [0.717, 1.165) is 53.4 Å². The van der Waals surface area contributed by atoms with E-state index >= 15 is 0 Å². The Labute approximate surface area is 181 Å². The summed E-state index contributed by atoms with van der Waals surface area (Å²) < 4.78 is 0. The smallest absolute Gasteiger partial charge is 0.0272 e. The quantitative estimate of drug-likeness (QED) is 0.410. The third kappa shape index (κ3) is 2.32. The Hall–Kier alpha value is -0.200. The minimum atomic E-state index is 0.679. The second kappa shape index (κ2) is 6.66. The third-order valence-electron chi connectivity index (χ3n) is 11.7. The zero-order valence-electron chi connectivity index (χ0n) is 18.4. The van der Waals surface area contributed by atoms with Gasteiger partial charge in [-0.15, -0.1) is 0 Å². The number of hydrogen-bond donors (Lipinski definition) is 5. The van der Waals surface area contributed by atoms with Crippen molar-refractivity contribution >= 4 is 0 Å². The molecule has 5 saturated heterocycles. The predicted molar refractivity (Wildman–Crippen MR) is 118 cm³/mol. The molecular formula is C25H41N5. The average molecular weight is 412 g/mol. The maximum absolute atomic E-state index is 4.23. The number of rotatable bonds is 0. The van der Waals surface area contributed by atoms with E-state index in [1.165, 1.54) is 71.1 Å². The number of piperidine rings is 5. The van der Waals surface area contributed by atoms with Gasteiger partial charge in [-0.3, -0.25) is 0 Å². The van der Waals surface area contributed by atoms with Gasteiger partial charge in [0.15, 0.2) is 0 Å². The molecule has 14 atom stereocenters. The van der Waals surface area contributed by atoms with Gasteiger partial charge in [0.1, 0.15) is 0 Å². The molecule has 0 bridgehead atoms. The van der Waals surface area contributed by atoms with Gasteiger partial charge in [0.25, 0.3) is 0 Å². The number of hydrogen-bond acceptors (Lipinski definition) is 5. The molecule has 166 valence electrons. The third-order valence-corrected chi connectivity index (χ3v) is 11.7. The summed E-state index contributed by atoms with van der Waals surface area (Å²) in [6, 6.07) is 4.24. The van der Waals surface area contributed by atoms with Crippen molar-refractivity contribution in [2.45, 2.75) is 81.2 Å². The van der Waals surface area contributed by atoms with Crippen LogP contribution in [0.15, 0.2) is 0 Å². The molecule has 0 aromatic carbocycles. The number of fused-ring (bicyclic) bond motifs is 4. The van der Waals surface area contributed by atoms with Gasteiger partial charge in [0, 0.05) is 42.8 Å². The van der Waals surface area contributed by atoms with Crippen LogP contribution < -0.4 is 26.6 Å². The molecule has 5 aliphatic heterocycles. The summed E-state index contributed by atoms with van der Waals surface area (Å²) in [5, 5.41) is 20.9. The zero-order valence-corrected chi connectivity index (χ0v) is 18.4. The van der Waals surface area contributed by atoms with Crippen molar-refractivity contribution < 1.29 is 0 Å². The largest absolute Gasteiger partial charge is 0.312 e. The summed E-state index contributed by atoms with van der Waals surface area (Å²) >= 11 is 0. The highest BCUT2D eigenvalue weighted by Gasteiger charge is 2.65. The van der Waals surface area contributed by atoms with Crippen LogP contribution in [-0.2, 0) is 0 Å². The van der Waals surface area contributed by atoms with Crippen LogP contribution in [0.5, 0.6) is 0 Å². The highest BCUT2D eigenvalue weighted by Crippen LogP contribution is 2.55. The Morgan fingerprint density at radius 1 is 0.433 bits per heavy atom. The summed E-state index contributed by atoms with van der Waals surface area (Å²) in [4.78, 5) is 0. The van der Waals surface area contributed by atoms with E-state index in [4.69, 9.17) is 0 Å². The molecule has 5 heterocycles. The van der Waals surface area contributed by atoms with Crippen molar-refractivity contribution in [2.24, 2.45) is 47.3 Å². The molecule has 0 radical (unpaired) electrons. The fourth-order valence-corrected chi connectivity index (χ4v) is 10.9. The van der Waals surface area contributed by atoms with Gasteiger partial charge in [-0.05, 0) is 92.7 Å². The molecule has 8 fully saturated rings. The van der Waals surface area contributed by atoms with Crippen molar-refractivity contribution in [3.05, 3.63) is 0 Å². The Kier molecular flexibility index (Phi) is 4.05. The van der Waals surface area contributed by atoms with E-state index in [9.17, 15) is 0 Å². The van der Waals surface area contributed by atoms with E-state index in [1.807, 2.05) is 0 Å². The molecule has 5 N–H and O–H groups in total. The minimum Gasteiger partial charge on any atom is -0.312 e. The molecule has 30 heavy (non-hydrogen) atoms. The van der Waals surface area contributed by atoms with Crippen LogP contribution in [-0.4, -0.2) is 62.4 Å². The normalized spacial score (nSPS) is 63.2. The molecule has 0 aromatic rings. The van der Waals surface area contributed by atoms with Crippen molar-refractivity contribution in [3.8, 4) is 0 Å². The Morgan fingerprint density at radius 2 is 1.07 bits per heavy atom. The molecule has 3 saturated carbocycles. The molecule has 5 nitrogen and oxygen atoms in total. The monoisotopic (exact) mass is 411 g/mol. The fourth-order valence-electron chi connectivity index (χ4n) is 10.9. The molecule has 0 amide bonds. The maximum atomic E-state index is 4.23. The van der Waals surface area contributed by atoms with Crippen molar-refractivity contribution in [2.75, 3.05) is 26.2 Å². The first kappa shape index (κ1) is 18.3. The average Bonchev–Trinajstić information content (AvgIpc) is 2.81. The first-order chi connectivity index (χ1) is 14.9. The topological polar surface area (TPSA) is 60.1 Å². The highest BCUT2D eigenvalue weighted by molar-refractivity contribution is 5.22. The number of nitrogens with one attached hydrogen (secondary N) is 5. The minimum absolute atomic E-state index is 0.679. The van der Waals surface area contributed by atoms with Gasteiger partial charge in [0.05, 0.1) is 0 Å². The van der Waals surface area contributed by atoms with Gasteiger partial charge in [-0.1, -0.05) is 19.3 Å². The molecule has 5 heteroatoms. The van der Waals surface area contributed by atoms with Gasteiger partial charge < -0.3 is 26.6 Å². The van der Waals surface area contributed by atoms with Crippen molar-refractivity contribution in [3.63, 3.8) is 0 Å². The van der Waals surface area contributed by atoms with Crippen molar-refractivity contribution in [1.82, 2.24) is 26.6 Å². The van der Waals surface area contributed by atoms with Gasteiger partial charge in [-0.2, -0.15) is 0 Å². The van der Waals surface area contributed by atoms with Crippen molar-refractivity contribution in [1.29, 1.82) is 0 Å². The van der Waals surface area contributed by atoms with Gasteiger partial charge in [0.2, 0.25) is 0 Å². The van der Waals surface area contributed by atoms with Crippen LogP contribution >= 0.6 is 0 Å². The SMILES string of the molecule is C1CC2CNC3C4NCC5NC6CCCCC6C6CNC(C7NCC(C1)C2C37)C4C56. The lowest BCUT2D eigenvalue weighted by Crippen LogP contribution is -2.85.